The number of imide groups is 3. The van der Waals surface area contributed by atoms with E-state index in [2.05, 4.69) is 39.0 Å². The fourth-order valence-corrected chi connectivity index (χ4v) is 11.0. The highest BCUT2D eigenvalue weighted by molar-refractivity contribution is 6.29. The predicted octanol–water partition coefficient (Wildman–Crippen LogP) is 13.7. The first-order valence-corrected chi connectivity index (χ1v) is 25.1. The number of hydrogen-bond acceptors (Lipinski definition) is 6. The predicted molar refractivity (Wildman–Crippen MR) is 274 cm³/mol. The SMILES string of the molecule is CCCCCCN1C(=O)c2cccc3c(-c4cc(-c5ccc6c7c(cccc57)C(=O)N(CCCCCC)C6=O)cc(-c5ccc6c7c(cccc57)C(=O)N(CCCCCC)C6=O)c4)ccc(c23)C1=O. The third-order valence-electron chi connectivity index (χ3n) is 14.5. The number of nitrogens with zero attached hydrogens (tertiary/aromatic N) is 3. The molecule has 0 fully saturated rings. The third-order valence-corrected chi connectivity index (χ3v) is 14.5. The number of carbonyl (C=O) groups excluding carboxylic acids is 6. The van der Waals surface area contributed by atoms with Crippen LogP contribution in [0.2, 0.25) is 0 Å². The molecule has 7 aromatic rings. The van der Waals surface area contributed by atoms with Crippen LogP contribution >= 0.6 is 0 Å². The largest absolute Gasteiger partial charge is 0.274 e. The second-order valence-corrected chi connectivity index (χ2v) is 18.9. The normalized spacial score (nSPS) is 14.4. The Hall–Kier alpha value is -7.26. The topological polar surface area (TPSA) is 112 Å². The summed E-state index contributed by atoms with van der Waals surface area (Å²) < 4.78 is 0. The minimum Gasteiger partial charge on any atom is -0.274 e. The Labute approximate surface area is 403 Å². The first-order chi connectivity index (χ1) is 33.7. The van der Waals surface area contributed by atoms with E-state index in [0.29, 0.717) is 69.2 Å². The Kier molecular flexibility index (Phi) is 12.6. The van der Waals surface area contributed by atoms with Gasteiger partial charge in [0.25, 0.3) is 35.4 Å². The van der Waals surface area contributed by atoms with Crippen LogP contribution in [0.3, 0.4) is 0 Å². The average molecular weight is 916 g/mol. The maximum Gasteiger partial charge on any atom is 0.261 e. The van der Waals surface area contributed by atoms with Crippen LogP contribution in [0.1, 0.15) is 160 Å². The van der Waals surface area contributed by atoms with Gasteiger partial charge in [0.1, 0.15) is 0 Å². The van der Waals surface area contributed by atoms with Gasteiger partial charge >= 0.3 is 0 Å². The van der Waals surface area contributed by atoms with E-state index in [9.17, 15) is 28.8 Å². The van der Waals surface area contributed by atoms with Crippen molar-refractivity contribution in [2.75, 3.05) is 19.6 Å². The van der Waals surface area contributed by atoms with Crippen LogP contribution in [-0.2, 0) is 0 Å². The van der Waals surface area contributed by atoms with Gasteiger partial charge in [-0.1, -0.05) is 133 Å². The van der Waals surface area contributed by atoms with Gasteiger partial charge in [0.05, 0.1) is 0 Å². The van der Waals surface area contributed by atoms with E-state index in [0.717, 1.165) is 127 Å². The quantitative estimate of drug-likeness (QED) is 0.0626. The molecular weight excluding hydrogens is 859 g/mol. The van der Waals surface area contributed by atoms with Gasteiger partial charge in [-0.15, -0.1) is 0 Å². The van der Waals surface area contributed by atoms with E-state index in [1.54, 1.807) is 18.2 Å². The van der Waals surface area contributed by atoms with Crippen molar-refractivity contribution in [2.45, 2.75) is 97.8 Å². The van der Waals surface area contributed by atoms with Gasteiger partial charge in [-0.3, -0.25) is 43.5 Å². The molecule has 348 valence electrons. The highest BCUT2D eigenvalue weighted by Crippen LogP contribution is 2.44. The van der Waals surface area contributed by atoms with E-state index in [-0.39, 0.29) is 35.4 Å². The van der Waals surface area contributed by atoms with Gasteiger partial charge < -0.3 is 0 Å². The molecule has 0 radical (unpaired) electrons. The number of hydrogen-bond donors (Lipinski definition) is 0. The molecule has 10 rings (SSSR count). The zero-order chi connectivity index (χ0) is 47.9. The van der Waals surface area contributed by atoms with Crippen molar-refractivity contribution in [1.82, 2.24) is 14.7 Å². The summed E-state index contributed by atoms with van der Waals surface area (Å²) in [5.74, 6) is -1.74. The van der Waals surface area contributed by atoms with Gasteiger partial charge in [0.2, 0.25) is 0 Å². The molecule has 0 saturated carbocycles. The molecular formula is C60H57N3O6. The van der Waals surface area contributed by atoms with Crippen molar-refractivity contribution in [1.29, 1.82) is 0 Å². The minimum atomic E-state index is -0.291. The Morgan fingerprint density at radius 2 is 0.536 bits per heavy atom. The van der Waals surface area contributed by atoms with Gasteiger partial charge in [0.15, 0.2) is 0 Å². The third kappa shape index (κ3) is 7.82. The standard InChI is InChI=1S/C60H57N3O6/c1-4-7-10-13-31-61-55(64)46-22-16-19-43-40(25-28-49(52(43)46)58(61)67)37-34-38(41-26-29-50-53-44(41)20-17-23-47(53)56(65)62(59(50)68)32-14-11-8-5-2)36-39(35-37)42-27-30-51-54-45(42)21-18-24-48(54)57(66)63(60(51)69)33-15-12-9-6-3/h16-30,34-36H,4-15,31-33H2,1-3H3. The molecule has 3 heterocycles. The maximum absolute atomic E-state index is 14.1. The van der Waals surface area contributed by atoms with Crippen LogP contribution in [0.25, 0.3) is 65.7 Å². The summed E-state index contributed by atoms with van der Waals surface area (Å²) in [6.45, 7) is 7.50. The Bertz CT molecular complexity index is 2870. The lowest BCUT2D eigenvalue weighted by atomic mass is 9.84. The first kappa shape index (κ1) is 45.5. The highest BCUT2D eigenvalue weighted by Gasteiger charge is 2.36. The molecule has 0 unspecified atom stereocenters. The van der Waals surface area contributed by atoms with E-state index in [1.165, 1.54) is 14.7 Å². The van der Waals surface area contributed by atoms with Crippen molar-refractivity contribution in [2.24, 2.45) is 0 Å². The number of benzene rings is 7. The van der Waals surface area contributed by atoms with Gasteiger partial charge in [-0.2, -0.15) is 0 Å². The first-order valence-electron chi connectivity index (χ1n) is 25.1. The molecule has 0 aliphatic carbocycles. The molecule has 0 N–H and O–H groups in total. The second-order valence-electron chi connectivity index (χ2n) is 18.9. The molecule has 9 nitrogen and oxygen atoms in total. The Morgan fingerprint density at radius 1 is 0.290 bits per heavy atom. The smallest absolute Gasteiger partial charge is 0.261 e. The molecule has 69 heavy (non-hydrogen) atoms. The fraction of sp³-hybridized carbons (Fsp3) is 0.300. The van der Waals surface area contributed by atoms with Crippen LogP contribution in [0.15, 0.2) is 109 Å². The fourth-order valence-electron chi connectivity index (χ4n) is 11.0. The summed E-state index contributed by atoms with van der Waals surface area (Å²) in [5.41, 5.74) is 7.82. The molecule has 0 bridgehead atoms. The zero-order valence-electron chi connectivity index (χ0n) is 39.8. The summed E-state index contributed by atoms with van der Waals surface area (Å²) in [5, 5.41) is 4.16. The number of unbranched alkanes of at least 4 members (excludes halogenated alkanes) is 9. The van der Waals surface area contributed by atoms with Crippen molar-refractivity contribution in [3.63, 3.8) is 0 Å². The van der Waals surface area contributed by atoms with E-state index < -0.39 is 0 Å². The number of amides is 6. The Morgan fingerprint density at radius 3 is 0.797 bits per heavy atom. The summed E-state index contributed by atoms with van der Waals surface area (Å²) in [6, 6.07) is 34.6. The summed E-state index contributed by atoms with van der Waals surface area (Å²) in [6.07, 6.45) is 11.3. The number of rotatable bonds is 18. The van der Waals surface area contributed by atoms with E-state index >= 15 is 0 Å². The summed E-state index contributed by atoms with van der Waals surface area (Å²) in [7, 11) is 0. The van der Waals surface area contributed by atoms with Crippen LogP contribution in [-0.4, -0.2) is 69.8 Å². The lowest BCUT2D eigenvalue weighted by Gasteiger charge is -2.28. The van der Waals surface area contributed by atoms with Crippen molar-refractivity contribution in [3.8, 4) is 33.4 Å². The van der Waals surface area contributed by atoms with Gasteiger partial charge in [0, 0.05) is 69.2 Å². The minimum absolute atomic E-state index is 0.291. The molecule has 0 atom stereocenters. The van der Waals surface area contributed by atoms with Crippen molar-refractivity contribution >= 4 is 67.8 Å². The molecule has 0 saturated heterocycles. The van der Waals surface area contributed by atoms with E-state index in [4.69, 9.17) is 0 Å². The monoisotopic (exact) mass is 915 g/mol. The van der Waals surface area contributed by atoms with Gasteiger partial charge in [-0.25, -0.2) is 0 Å². The van der Waals surface area contributed by atoms with Crippen LogP contribution in [0, 0.1) is 0 Å². The second kappa shape index (κ2) is 19.0. The highest BCUT2D eigenvalue weighted by atomic mass is 16.2. The summed E-state index contributed by atoms with van der Waals surface area (Å²) >= 11 is 0. The molecule has 6 amide bonds. The molecule has 9 heteroatoms. The van der Waals surface area contributed by atoms with Crippen molar-refractivity contribution < 1.29 is 28.8 Å². The van der Waals surface area contributed by atoms with Crippen LogP contribution in [0.5, 0.6) is 0 Å². The van der Waals surface area contributed by atoms with Crippen LogP contribution < -0.4 is 0 Å². The zero-order valence-corrected chi connectivity index (χ0v) is 39.8. The molecule has 0 spiro atoms. The van der Waals surface area contributed by atoms with Crippen LogP contribution in [0.4, 0.5) is 0 Å². The number of carbonyl (C=O) groups is 6. The molecule has 3 aliphatic rings. The Balaban J connectivity index is 1.14. The van der Waals surface area contributed by atoms with E-state index in [1.807, 2.05) is 72.8 Å². The molecule has 0 aromatic heterocycles. The lowest BCUT2D eigenvalue weighted by molar-refractivity contribution is 0.0592. The molecule has 7 aromatic carbocycles. The average Bonchev–Trinajstić information content (AvgIpc) is 3.37. The van der Waals surface area contributed by atoms with Gasteiger partial charge in [-0.05, 0) is 123 Å². The lowest BCUT2D eigenvalue weighted by Crippen LogP contribution is -2.40. The maximum atomic E-state index is 14.1. The van der Waals surface area contributed by atoms with Crippen molar-refractivity contribution in [3.05, 3.63) is 143 Å². The molecule has 3 aliphatic heterocycles. The summed E-state index contributed by atoms with van der Waals surface area (Å²) in [4.78, 5) is 88.9.